The summed E-state index contributed by atoms with van der Waals surface area (Å²) in [5.74, 6) is -0.407. The molecule has 144 valence electrons. The Labute approximate surface area is 158 Å². The van der Waals surface area contributed by atoms with Gasteiger partial charge in [0.15, 0.2) is 0 Å². The maximum Gasteiger partial charge on any atom is 0.230 e. The zero-order valence-corrected chi connectivity index (χ0v) is 15.4. The summed E-state index contributed by atoms with van der Waals surface area (Å²) < 4.78 is 28.7. The van der Waals surface area contributed by atoms with Crippen LogP contribution in [0.25, 0.3) is 0 Å². The predicted molar refractivity (Wildman–Crippen MR) is 97.9 cm³/mol. The molecule has 1 saturated carbocycles. The van der Waals surface area contributed by atoms with Crippen molar-refractivity contribution < 1.29 is 13.6 Å². The van der Waals surface area contributed by atoms with Gasteiger partial charge in [-0.1, -0.05) is 6.07 Å². The molecule has 0 unspecified atom stereocenters. The van der Waals surface area contributed by atoms with Gasteiger partial charge in [0, 0.05) is 31.5 Å². The first kappa shape index (κ1) is 18.1. The molecule has 4 rings (SSSR count). The lowest BCUT2D eigenvalue weighted by atomic mass is 9.90. The van der Waals surface area contributed by atoms with E-state index in [0.29, 0.717) is 24.4 Å². The Kier molecular flexibility index (Phi) is 4.98. The molecular formula is C21H25F2N3O. The second-order valence-electron chi connectivity index (χ2n) is 8.02. The normalized spacial score (nSPS) is 21.3. The van der Waals surface area contributed by atoms with E-state index in [4.69, 9.17) is 0 Å². The van der Waals surface area contributed by atoms with Gasteiger partial charge in [-0.3, -0.25) is 9.48 Å². The number of nitrogens with zero attached hydrogens (tertiary/aromatic N) is 3. The molecule has 1 saturated heterocycles. The molecule has 2 aromatic rings. The number of aryl methyl sites for hydroxylation is 1. The summed E-state index contributed by atoms with van der Waals surface area (Å²) in [4.78, 5) is 15.1. The van der Waals surface area contributed by atoms with Gasteiger partial charge in [0.1, 0.15) is 11.6 Å². The topological polar surface area (TPSA) is 38.1 Å². The van der Waals surface area contributed by atoms with Crippen molar-refractivity contribution in [1.29, 1.82) is 0 Å². The molecule has 2 heterocycles. The van der Waals surface area contributed by atoms with E-state index in [0.717, 1.165) is 51.3 Å². The summed E-state index contributed by atoms with van der Waals surface area (Å²) in [6.07, 6.45) is 8.94. The van der Waals surface area contributed by atoms with E-state index < -0.39 is 11.6 Å². The van der Waals surface area contributed by atoms with Crippen LogP contribution in [0.2, 0.25) is 0 Å². The minimum absolute atomic E-state index is 0.246. The van der Waals surface area contributed by atoms with Crippen molar-refractivity contribution >= 4 is 5.91 Å². The standard InChI is InChI=1S/C21H25F2N3O/c22-18-7-6-17(19(23)13-18)5-4-16-3-1-11-25(14-16)20(27)21(8-9-21)15-26-12-2-10-24-26/h2,6-7,10,12-13,16H,1,3-5,8-9,11,14-15H2/t16-/m1/s1. The van der Waals surface area contributed by atoms with Crippen LogP contribution in [0.4, 0.5) is 8.78 Å². The highest BCUT2D eigenvalue weighted by molar-refractivity contribution is 5.85. The zero-order valence-electron chi connectivity index (χ0n) is 15.4. The first-order valence-electron chi connectivity index (χ1n) is 9.76. The molecule has 0 radical (unpaired) electrons. The molecule has 2 aliphatic rings. The number of piperidine rings is 1. The van der Waals surface area contributed by atoms with Gasteiger partial charge in [0.05, 0.1) is 12.0 Å². The highest BCUT2D eigenvalue weighted by atomic mass is 19.1. The zero-order chi connectivity index (χ0) is 18.9. The second kappa shape index (κ2) is 7.41. The minimum atomic E-state index is -0.544. The van der Waals surface area contributed by atoms with Gasteiger partial charge in [0.2, 0.25) is 5.91 Å². The summed E-state index contributed by atoms with van der Waals surface area (Å²) in [7, 11) is 0. The lowest BCUT2D eigenvalue weighted by Gasteiger charge is -2.35. The number of hydrogen-bond donors (Lipinski definition) is 0. The van der Waals surface area contributed by atoms with Crippen molar-refractivity contribution in [3.05, 3.63) is 53.9 Å². The summed E-state index contributed by atoms with van der Waals surface area (Å²) in [5.41, 5.74) is 0.272. The van der Waals surface area contributed by atoms with Crippen molar-refractivity contribution in [2.24, 2.45) is 11.3 Å². The van der Waals surface area contributed by atoms with E-state index >= 15 is 0 Å². The number of amides is 1. The Morgan fingerprint density at radius 3 is 2.85 bits per heavy atom. The van der Waals surface area contributed by atoms with E-state index in [1.807, 2.05) is 21.8 Å². The third-order valence-corrected chi connectivity index (χ3v) is 5.97. The Bertz CT molecular complexity index is 802. The third kappa shape index (κ3) is 4.04. The van der Waals surface area contributed by atoms with E-state index in [2.05, 4.69) is 5.10 Å². The molecule has 1 aromatic carbocycles. The largest absolute Gasteiger partial charge is 0.342 e. The van der Waals surface area contributed by atoms with Gasteiger partial charge in [-0.25, -0.2) is 8.78 Å². The molecule has 1 aliphatic carbocycles. The molecule has 27 heavy (non-hydrogen) atoms. The summed E-state index contributed by atoms with van der Waals surface area (Å²) in [6.45, 7) is 2.20. The number of benzene rings is 1. The lowest BCUT2D eigenvalue weighted by molar-refractivity contribution is -0.139. The quantitative estimate of drug-likeness (QED) is 0.772. The van der Waals surface area contributed by atoms with Crippen LogP contribution >= 0.6 is 0 Å². The Morgan fingerprint density at radius 2 is 2.15 bits per heavy atom. The summed E-state index contributed by atoms with van der Waals surface area (Å²) >= 11 is 0. The minimum Gasteiger partial charge on any atom is -0.342 e. The second-order valence-corrected chi connectivity index (χ2v) is 8.02. The SMILES string of the molecule is O=C(N1CCC[C@H](CCc2ccc(F)cc2F)C1)C1(Cn2cccn2)CC1. The fourth-order valence-electron chi connectivity index (χ4n) is 4.20. The summed E-state index contributed by atoms with van der Waals surface area (Å²) in [6, 6.07) is 5.66. The van der Waals surface area contributed by atoms with Crippen LogP contribution in [0.15, 0.2) is 36.7 Å². The van der Waals surface area contributed by atoms with Crippen molar-refractivity contribution in [3.63, 3.8) is 0 Å². The number of hydrogen-bond acceptors (Lipinski definition) is 2. The lowest BCUT2D eigenvalue weighted by Crippen LogP contribution is -2.45. The molecule has 6 heteroatoms. The van der Waals surface area contributed by atoms with Gasteiger partial charge in [-0.05, 0) is 62.1 Å². The molecule has 0 bridgehead atoms. The van der Waals surface area contributed by atoms with Crippen molar-refractivity contribution in [3.8, 4) is 0 Å². The van der Waals surface area contributed by atoms with Crippen LogP contribution in [-0.4, -0.2) is 33.7 Å². The van der Waals surface area contributed by atoms with Gasteiger partial charge in [-0.15, -0.1) is 0 Å². The first-order valence-corrected chi connectivity index (χ1v) is 9.76. The van der Waals surface area contributed by atoms with Crippen molar-refractivity contribution in [2.45, 2.75) is 45.1 Å². The molecule has 1 amide bonds. The van der Waals surface area contributed by atoms with Crippen LogP contribution in [-0.2, 0) is 17.8 Å². The van der Waals surface area contributed by atoms with Crippen LogP contribution in [0, 0.1) is 23.0 Å². The average molecular weight is 373 g/mol. The van der Waals surface area contributed by atoms with Crippen molar-refractivity contribution in [1.82, 2.24) is 14.7 Å². The van der Waals surface area contributed by atoms with Gasteiger partial charge in [-0.2, -0.15) is 5.10 Å². The number of carbonyl (C=O) groups excluding carboxylic acids is 1. The van der Waals surface area contributed by atoms with E-state index in [-0.39, 0.29) is 11.3 Å². The average Bonchev–Trinajstić information content (AvgIpc) is 3.26. The fourth-order valence-corrected chi connectivity index (χ4v) is 4.20. The molecular weight excluding hydrogens is 348 g/mol. The van der Waals surface area contributed by atoms with Gasteiger partial charge >= 0.3 is 0 Å². The molecule has 1 atom stereocenters. The molecule has 0 N–H and O–H groups in total. The maximum atomic E-state index is 13.8. The van der Waals surface area contributed by atoms with Crippen LogP contribution in [0.3, 0.4) is 0 Å². The molecule has 1 aliphatic heterocycles. The maximum absolute atomic E-state index is 13.8. The molecule has 0 spiro atoms. The van der Waals surface area contributed by atoms with E-state index in [9.17, 15) is 13.6 Å². The number of rotatable bonds is 6. The number of aromatic nitrogens is 2. The van der Waals surface area contributed by atoms with Crippen LogP contribution in [0.1, 0.15) is 37.7 Å². The van der Waals surface area contributed by atoms with Gasteiger partial charge in [0.25, 0.3) is 0 Å². The Hall–Kier alpha value is -2.24. The monoisotopic (exact) mass is 373 g/mol. The first-order chi connectivity index (χ1) is 13.1. The predicted octanol–water partition coefficient (Wildman–Crippen LogP) is 3.81. The number of halogens is 2. The smallest absolute Gasteiger partial charge is 0.230 e. The van der Waals surface area contributed by atoms with E-state index in [1.54, 1.807) is 6.20 Å². The molecule has 2 fully saturated rings. The van der Waals surface area contributed by atoms with Crippen molar-refractivity contribution in [2.75, 3.05) is 13.1 Å². The summed E-state index contributed by atoms with van der Waals surface area (Å²) in [5, 5.41) is 4.25. The highest BCUT2D eigenvalue weighted by Crippen LogP contribution is 2.49. The van der Waals surface area contributed by atoms with Crippen LogP contribution in [0.5, 0.6) is 0 Å². The third-order valence-electron chi connectivity index (χ3n) is 5.97. The number of carbonyl (C=O) groups is 1. The Morgan fingerprint density at radius 1 is 1.30 bits per heavy atom. The Balaban J connectivity index is 1.34. The molecule has 4 nitrogen and oxygen atoms in total. The fraction of sp³-hybridized carbons (Fsp3) is 0.524. The molecule has 1 aromatic heterocycles. The highest BCUT2D eigenvalue weighted by Gasteiger charge is 2.52. The van der Waals surface area contributed by atoms with Gasteiger partial charge < -0.3 is 4.90 Å². The number of likely N-dealkylation sites (tertiary alicyclic amines) is 1. The van der Waals surface area contributed by atoms with E-state index in [1.165, 1.54) is 12.1 Å². The van der Waals surface area contributed by atoms with Crippen LogP contribution < -0.4 is 0 Å².